The van der Waals surface area contributed by atoms with Gasteiger partial charge in [-0.25, -0.2) is 9.18 Å². The molecule has 0 heterocycles. The Balaban J connectivity index is 0.00000361. The van der Waals surface area contributed by atoms with E-state index in [1.165, 1.54) is 14.2 Å². The number of hydrogen-bond donors (Lipinski definition) is 1. The highest BCUT2D eigenvalue weighted by Crippen LogP contribution is 2.31. The molecule has 114 valence electrons. The normalized spacial score (nSPS) is 12.8. The fourth-order valence-corrected chi connectivity index (χ4v) is 1.62. The molecule has 0 aliphatic carbocycles. The van der Waals surface area contributed by atoms with Crippen molar-refractivity contribution < 1.29 is 23.4 Å². The molecule has 0 saturated carbocycles. The van der Waals surface area contributed by atoms with Crippen molar-refractivity contribution in [3.63, 3.8) is 0 Å². The third-order valence-electron chi connectivity index (χ3n) is 2.63. The molecule has 1 unspecified atom stereocenters. The predicted octanol–water partition coefficient (Wildman–Crippen LogP) is 2.03. The van der Waals surface area contributed by atoms with Crippen LogP contribution >= 0.6 is 12.4 Å². The molecule has 7 heteroatoms. The van der Waals surface area contributed by atoms with E-state index in [4.69, 9.17) is 15.2 Å². The number of esters is 1. The SMILES string of the molecule is CCOC(=O)C(F)[C@@H](N)c1ccc(OC)cc1OC.Cl. The number of carbonyl (C=O) groups excluding carboxylic acids is 1. The minimum absolute atomic E-state index is 0. The molecule has 0 aliphatic rings. The van der Waals surface area contributed by atoms with Gasteiger partial charge >= 0.3 is 5.97 Å². The average Bonchev–Trinajstić information content (AvgIpc) is 2.45. The molecule has 0 aromatic heterocycles. The van der Waals surface area contributed by atoms with Gasteiger partial charge in [0.05, 0.1) is 26.9 Å². The fourth-order valence-electron chi connectivity index (χ4n) is 1.62. The largest absolute Gasteiger partial charge is 0.497 e. The van der Waals surface area contributed by atoms with Crippen LogP contribution in [0.2, 0.25) is 0 Å². The van der Waals surface area contributed by atoms with E-state index in [-0.39, 0.29) is 19.0 Å². The van der Waals surface area contributed by atoms with E-state index in [2.05, 4.69) is 4.74 Å². The number of hydrogen-bond acceptors (Lipinski definition) is 5. The van der Waals surface area contributed by atoms with Gasteiger partial charge < -0.3 is 19.9 Å². The van der Waals surface area contributed by atoms with E-state index in [0.29, 0.717) is 17.1 Å². The number of nitrogens with two attached hydrogens (primary N) is 1. The first-order chi connectivity index (χ1) is 9.04. The molecule has 0 spiro atoms. The molecule has 0 radical (unpaired) electrons. The van der Waals surface area contributed by atoms with Crippen LogP contribution in [0.25, 0.3) is 0 Å². The van der Waals surface area contributed by atoms with Crippen molar-refractivity contribution in [1.29, 1.82) is 0 Å². The molecule has 1 aromatic rings. The third-order valence-corrected chi connectivity index (χ3v) is 2.63. The van der Waals surface area contributed by atoms with Crippen LogP contribution in [0.5, 0.6) is 11.5 Å². The van der Waals surface area contributed by atoms with Gasteiger partial charge in [-0.05, 0) is 19.1 Å². The van der Waals surface area contributed by atoms with Crippen molar-refractivity contribution in [3.05, 3.63) is 23.8 Å². The molecule has 1 rings (SSSR count). The Morgan fingerprint density at radius 1 is 1.35 bits per heavy atom. The maximum Gasteiger partial charge on any atom is 0.342 e. The van der Waals surface area contributed by atoms with Gasteiger partial charge in [0, 0.05) is 11.6 Å². The maximum atomic E-state index is 13.9. The summed E-state index contributed by atoms with van der Waals surface area (Å²) >= 11 is 0. The molecule has 2 N–H and O–H groups in total. The highest BCUT2D eigenvalue weighted by molar-refractivity contribution is 5.85. The van der Waals surface area contributed by atoms with Crippen LogP contribution < -0.4 is 15.2 Å². The van der Waals surface area contributed by atoms with Crippen LogP contribution in [0, 0.1) is 0 Å². The summed E-state index contributed by atoms with van der Waals surface area (Å²) in [5.74, 6) is -0.0639. The fraction of sp³-hybridized carbons (Fsp3) is 0.462. The zero-order valence-electron chi connectivity index (χ0n) is 11.6. The molecular formula is C13H19ClFNO4. The Hall–Kier alpha value is -1.53. The van der Waals surface area contributed by atoms with Crippen LogP contribution in [0.4, 0.5) is 4.39 Å². The Kier molecular flexibility index (Phi) is 7.94. The number of methoxy groups -OCH3 is 2. The van der Waals surface area contributed by atoms with Gasteiger partial charge in [0.1, 0.15) is 11.5 Å². The van der Waals surface area contributed by atoms with E-state index in [0.717, 1.165) is 0 Å². The van der Waals surface area contributed by atoms with Gasteiger partial charge in [-0.3, -0.25) is 0 Å². The zero-order valence-corrected chi connectivity index (χ0v) is 12.4. The number of halogens is 2. The average molecular weight is 308 g/mol. The molecule has 0 aliphatic heterocycles. The summed E-state index contributed by atoms with van der Waals surface area (Å²) in [6.07, 6.45) is -1.94. The smallest absolute Gasteiger partial charge is 0.342 e. The summed E-state index contributed by atoms with van der Waals surface area (Å²) < 4.78 is 28.6. The second-order valence-corrected chi connectivity index (χ2v) is 3.79. The highest BCUT2D eigenvalue weighted by atomic mass is 35.5. The lowest BCUT2D eigenvalue weighted by molar-refractivity contribution is -0.149. The first-order valence-electron chi connectivity index (χ1n) is 5.83. The number of ether oxygens (including phenoxy) is 3. The summed E-state index contributed by atoms with van der Waals surface area (Å²) in [6, 6.07) is 3.61. The number of carbonyl (C=O) groups is 1. The van der Waals surface area contributed by atoms with Crippen LogP contribution in [-0.4, -0.2) is 33.0 Å². The zero-order chi connectivity index (χ0) is 14.4. The van der Waals surface area contributed by atoms with Crippen LogP contribution in [-0.2, 0) is 9.53 Å². The summed E-state index contributed by atoms with van der Waals surface area (Å²) in [5, 5.41) is 0. The predicted molar refractivity (Wildman–Crippen MR) is 75.3 cm³/mol. The van der Waals surface area contributed by atoms with Crippen molar-refractivity contribution in [3.8, 4) is 11.5 Å². The van der Waals surface area contributed by atoms with Gasteiger partial charge in [-0.2, -0.15) is 0 Å². The van der Waals surface area contributed by atoms with Crippen LogP contribution in [0.3, 0.4) is 0 Å². The Morgan fingerprint density at radius 2 is 2.00 bits per heavy atom. The summed E-state index contributed by atoms with van der Waals surface area (Å²) in [5.41, 5.74) is 6.12. The second kappa shape index (κ2) is 8.60. The Labute approximate surface area is 123 Å². The molecule has 1 aromatic carbocycles. The minimum Gasteiger partial charge on any atom is -0.497 e. The van der Waals surface area contributed by atoms with Gasteiger partial charge in [0.2, 0.25) is 6.17 Å². The van der Waals surface area contributed by atoms with Gasteiger partial charge in [0.15, 0.2) is 0 Å². The molecular weight excluding hydrogens is 289 g/mol. The van der Waals surface area contributed by atoms with E-state index in [1.54, 1.807) is 25.1 Å². The van der Waals surface area contributed by atoms with Crippen LogP contribution in [0.1, 0.15) is 18.5 Å². The molecule has 5 nitrogen and oxygen atoms in total. The van der Waals surface area contributed by atoms with Crippen molar-refractivity contribution in [2.24, 2.45) is 5.73 Å². The monoisotopic (exact) mass is 307 g/mol. The highest BCUT2D eigenvalue weighted by Gasteiger charge is 2.29. The van der Waals surface area contributed by atoms with Gasteiger partial charge in [-0.1, -0.05) is 0 Å². The second-order valence-electron chi connectivity index (χ2n) is 3.79. The third kappa shape index (κ3) is 4.25. The van der Waals surface area contributed by atoms with E-state index >= 15 is 0 Å². The first kappa shape index (κ1) is 18.5. The van der Waals surface area contributed by atoms with E-state index in [9.17, 15) is 9.18 Å². The molecule has 0 amide bonds. The first-order valence-corrected chi connectivity index (χ1v) is 5.83. The van der Waals surface area contributed by atoms with Gasteiger partial charge in [0.25, 0.3) is 0 Å². The van der Waals surface area contributed by atoms with Crippen molar-refractivity contribution in [2.45, 2.75) is 19.1 Å². The minimum atomic E-state index is -1.94. The molecule has 0 saturated heterocycles. The lowest BCUT2D eigenvalue weighted by Gasteiger charge is -2.18. The number of rotatable bonds is 6. The van der Waals surface area contributed by atoms with Gasteiger partial charge in [-0.15, -0.1) is 12.4 Å². The van der Waals surface area contributed by atoms with E-state index in [1.807, 2.05) is 0 Å². The van der Waals surface area contributed by atoms with Crippen molar-refractivity contribution in [1.82, 2.24) is 0 Å². The summed E-state index contributed by atoms with van der Waals surface area (Å²) in [4.78, 5) is 11.3. The van der Waals surface area contributed by atoms with Crippen molar-refractivity contribution in [2.75, 3.05) is 20.8 Å². The maximum absolute atomic E-state index is 13.9. The lowest BCUT2D eigenvalue weighted by atomic mass is 10.0. The number of alkyl halides is 1. The summed E-state index contributed by atoms with van der Waals surface area (Å²) in [6.45, 7) is 1.70. The topological polar surface area (TPSA) is 70.8 Å². The van der Waals surface area contributed by atoms with Crippen molar-refractivity contribution >= 4 is 18.4 Å². The molecule has 0 bridgehead atoms. The lowest BCUT2D eigenvalue weighted by Crippen LogP contribution is -2.31. The molecule has 20 heavy (non-hydrogen) atoms. The standard InChI is InChI=1S/C13H18FNO4.ClH/c1-4-19-13(16)11(14)12(15)9-6-5-8(17-2)7-10(9)18-3;/h5-7,11-12H,4,15H2,1-3H3;1H/t11?,12-;/m0./s1. The Bertz CT molecular complexity index is 444. The molecule has 2 atom stereocenters. The quantitative estimate of drug-likeness (QED) is 0.814. The molecule has 0 fully saturated rings. The Morgan fingerprint density at radius 3 is 2.50 bits per heavy atom. The number of benzene rings is 1. The van der Waals surface area contributed by atoms with Crippen LogP contribution in [0.15, 0.2) is 18.2 Å². The van der Waals surface area contributed by atoms with E-state index < -0.39 is 18.2 Å². The summed E-state index contributed by atoms with van der Waals surface area (Å²) in [7, 11) is 2.94.